The Balaban J connectivity index is 3.35. The molecule has 2 atom stereocenters. The van der Waals surface area contributed by atoms with Crippen molar-refractivity contribution >= 4 is 11.9 Å². The van der Waals surface area contributed by atoms with Crippen LogP contribution in [0.2, 0.25) is 0 Å². The molecule has 0 spiro atoms. The first kappa shape index (κ1) is 73.8. The fourth-order valence-corrected chi connectivity index (χ4v) is 10.4. The molecule has 2 unspecified atom stereocenters. The van der Waals surface area contributed by atoms with E-state index in [0.717, 1.165) is 51.4 Å². The van der Waals surface area contributed by atoms with Crippen LogP contribution in [-0.4, -0.2) is 47.4 Å². The lowest BCUT2D eigenvalue weighted by atomic mass is 10.0. The highest BCUT2D eigenvalue weighted by Gasteiger charge is 2.18. The summed E-state index contributed by atoms with van der Waals surface area (Å²) in [6.45, 7) is 4.88. The van der Waals surface area contributed by atoms with Crippen molar-refractivity contribution in [2.45, 2.75) is 373 Å². The van der Waals surface area contributed by atoms with E-state index in [9.17, 15) is 19.8 Å². The predicted octanol–water partition coefficient (Wildman–Crippen LogP) is 21.7. The number of unbranched alkanes of at least 4 members (excludes halogenated alkanes) is 46. The zero-order valence-corrected chi connectivity index (χ0v) is 51.0. The molecular weight excluding hydrogens is 935 g/mol. The second-order valence-electron chi connectivity index (χ2n) is 23.1. The highest BCUT2D eigenvalue weighted by atomic mass is 16.5. The number of nitrogens with one attached hydrogen (secondary N) is 1. The van der Waals surface area contributed by atoms with Crippen molar-refractivity contribution in [3.05, 3.63) is 48.6 Å². The van der Waals surface area contributed by atoms with Gasteiger partial charge in [0, 0.05) is 12.8 Å². The summed E-state index contributed by atoms with van der Waals surface area (Å²) in [5.74, 6) is -0.0617. The van der Waals surface area contributed by atoms with Gasteiger partial charge in [-0.25, -0.2) is 0 Å². The van der Waals surface area contributed by atoms with Gasteiger partial charge < -0.3 is 20.3 Å². The van der Waals surface area contributed by atoms with Crippen molar-refractivity contribution in [1.29, 1.82) is 0 Å². The summed E-state index contributed by atoms with van der Waals surface area (Å²) < 4.78 is 5.49. The molecule has 0 aliphatic rings. The lowest BCUT2D eigenvalue weighted by Gasteiger charge is -2.20. The van der Waals surface area contributed by atoms with Crippen LogP contribution in [-0.2, 0) is 14.3 Å². The molecule has 0 aliphatic heterocycles. The van der Waals surface area contributed by atoms with Crippen LogP contribution in [0, 0.1) is 0 Å². The van der Waals surface area contributed by atoms with Gasteiger partial charge in [0.25, 0.3) is 0 Å². The Morgan fingerprint density at radius 2 is 0.658 bits per heavy atom. The molecule has 1 amide bonds. The van der Waals surface area contributed by atoms with E-state index in [4.69, 9.17) is 4.74 Å². The number of esters is 1. The molecule has 0 bridgehead atoms. The van der Waals surface area contributed by atoms with Gasteiger partial charge in [-0.3, -0.25) is 9.59 Å². The molecule has 0 rings (SSSR count). The van der Waals surface area contributed by atoms with Gasteiger partial charge in [0.15, 0.2) is 0 Å². The number of hydrogen-bond donors (Lipinski definition) is 3. The van der Waals surface area contributed by atoms with E-state index < -0.39 is 12.1 Å². The van der Waals surface area contributed by atoms with Crippen molar-refractivity contribution < 1.29 is 24.5 Å². The Kier molecular flexibility index (Phi) is 63.5. The number of ether oxygens (including phenoxy) is 1. The number of rotatable bonds is 63. The number of amides is 1. The zero-order chi connectivity index (χ0) is 55.0. The van der Waals surface area contributed by atoms with E-state index in [0.29, 0.717) is 19.4 Å². The van der Waals surface area contributed by atoms with E-state index >= 15 is 0 Å². The van der Waals surface area contributed by atoms with Crippen LogP contribution in [0.25, 0.3) is 0 Å². The van der Waals surface area contributed by atoms with Crippen molar-refractivity contribution in [2.75, 3.05) is 13.2 Å². The minimum Gasteiger partial charge on any atom is -0.466 e. The largest absolute Gasteiger partial charge is 0.466 e. The Morgan fingerprint density at radius 1 is 0.368 bits per heavy atom. The first-order valence-corrected chi connectivity index (χ1v) is 33.9. The molecule has 0 aliphatic carbocycles. The first-order valence-electron chi connectivity index (χ1n) is 33.9. The third-order valence-corrected chi connectivity index (χ3v) is 15.6. The van der Waals surface area contributed by atoms with Crippen LogP contribution in [0.15, 0.2) is 48.6 Å². The number of hydrogen-bond acceptors (Lipinski definition) is 5. The lowest BCUT2D eigenvalue weighted by molar-refractivity contribution is -0.143. The Bertz CT molecular complexity index is 1270. The Hall–Kier alpha value is -2.18. The van der Waals surface area contributed by atoms with Gasteiger partial charge in [-0.2, -0.15) is 0 Å². The molecule has 6 heteroatoms. The first-order chi connectivity index (χ1) is 37.5. The van der Waals surface area contributed by atoms with Crippen LogP contribution < -0.4 is 5.32 Å². The highest BCUT2D eigenvalue weighted by molar-refractivity contribution is 5.76. The fraction of sp³-hybridized carbons (Fsp3) is 0.857. The summed E-state index contributed by atoms with van der Waals surface area (Å²) in [6.07, 6.45) is 84.8. The number of aliphatic hydroxyl groups excluding tert-OH is 2. The van der Waals surface area contributed by atoms with Crippen molar-refractivity contribution in [3.63, 3.8) is 0 Å². The average Bonchev–Trinajstić information content (AvgIpc) is 3.42. The van der Waals surface area contributed by atoms with E-state index in [2.05, 4.69) is 55.6 Å². The van der Waals surface area contributed by atoms with Crippen LogP contribution >= 0.6 is 0 Å². The summed E-state index contributed by atoms with van der Waals surface area (Å²) >= 11 is 0. The van der Waals surface area contributed by atoms with Gasteiger partial charge in [-0.15, -0.1) is 0 Å². The van der Waals surface area contributed by atoms with Crippen molar-refractivity contribution in [3.8, 4) is 0 Å². The molecule has 0 radical (unpaired) electrons. The Morgan fingerprint density at radius 3 is 1.03 bits per heavy atom. The van der Waals surface area contributed by atoms with Crippen LogP contribution in [0.3, 0.4) is 0 Å². The number of carbonyl (C=O) groups is 2. The maximum Gasteiger partial charge on any atom is 0.305 e. The summed E-state index contributed by atoms with van der Waals surface area (Å²) in [6, 6.07) is -0.625. The molecule has 0 saturated heterocycles. The number of carbonyl (C=O) groups excluding carboxylic acids is 2. The second kappa shape index (κ2) is 65.3. The van der Waals surface area contributed by atoms with Gasteiger partial charge in [0.05, 0.1) is 25.4 Å². The molecule has 0 saturated carbocycles. The maximum atomic E-state index is 12.4. The maximum absolute atomic E-state index is 12.4. The van der Waals surface area contributed by atoms with E-state index in [-0.39, 0.29) is 18.5 Å². The molecule has 0 heterocycles. The summed E-state index contributed by atoms with van der Waals surface area (Å²) in [5.41, 5.74) is 0. The van der Waals surface area contributed by atoms with E-state index in [1.807, 2.05) is 6.08 Å². The molecule has 0 fully saturated rings. The van der Waals surface area contributed by atoms with Crippen LogP contribution in [0.5, 0.6) is 0 Å². The minimum atomic E-state index is -0.841. The molecule has 0 aromatic carbocycles. The summed E-state index contributed by atoms with van der Waals surface area (Å²) in [4.78, 5) is 24.5. The monoisotopic (exact) mass is 1070 g/mol. The fourth-order valence-electron chi connectivity index (χ4n) is 10.4. The standard InChI is InChI=1S/C70H131NO5/c1-3-5-7-9-11-13-15-16-17-37-40-44-48-52-56-60-64-70(75)76-65-61-57-53-49-45-41-38-35-33-31-29-27-25-23-21-19-18-20-22-24-26-28-30-32-34-36-39-43-47-51-55-59-63-69(74)71-67(66-72)68(73)62-58-54-50-46-42-14-12-10-8-6-4-2/h13,15,17,21,23,37,58,62,67-68,72-73H,3-12,14,16,18-20,22,24-36,38-57,59-61,63-66H2,1-2H3,(H,71,74)/b15-13-,23-21-,37-17-,62-58+. The minimum absolute atomic E-state index is 0.00428. The van der Waals surface area contributed by atoms with Gasteiger partial charge >= 0.3 is 5.97 Å². The molecule has 0 aromatic rings. The Labute approximate surface area is 474 Å². The average molecular weight is 1070 g/mol. The molecule has 0 aromatic heterocycles. The van der Waals surface area contributed by atoms with Crippen molar-refractivity contribution in [2.24, 2.45) is 0 Å². The van der Waals surface area contributed by atoms with E-state index in [1.54, 1.807) is 6.08 Å². The van der Waals surface area contributed by atoms with Crippen LogP contribution in [0.4, 0.5) is 0 Å². The normalized spacial score (nSPS) is 12.8. The summed E-state index contributed by atoms with van der Waals surface area (Å²) in [7, 11) is 0. The molecule has 3 N–H and O–H groups in total. The molecule has 446 valence electrons. The summed E-state index contributed by atoms with van der Waals surface area (Å²) in [5, 5.41) is 23.0. The predicted molar refractivity (Wildman–Crippen MR) is 333 cm³/mol. The zero-order valence-electron chi connectivity index (χ0n) is 51.0. The van der Waals surface area contributed by atoms with E-state index in [1.165, 1.54) is 283 Å². The smallest absolute Gasteiger partial charge is 0.305 e. The van der Waals surface area contributed by atoms with Gasteiger partial charge in [-0.05, 0) is 89.9 Å². The van der Waals surface area contributed by atoms with Crippen molar-refractivity contribution in [1.82, 2.24) is 5.32 Å². The number of aliphatic hydroxyl groups is 2. The third kappa shape index (κ3) is 61.0. The van der Waals surface area contributed by atoms with Crippen LogP contribution in [0.1, 0.15) is 361 Å². The third-order valence-electron chi connectivity index (χ3n) is 15.6. The molecule has 76 heavy (non-hydrogen) atoms. The number of allylic oxidation sites excluding steroid dienone is 7. The molecule has 6 nitrogen and oxygen atoms in total. The second-order valence-corrected chi connectivity index (χ2v) is 23.1. The topological polar surface area (TPSA) is 95.9 Å². The lowest BCUT2D eigenvalue weighted by Crippen LogP contribution is -2.45. The highest BCUT2D eigenvalue weighted by Crippen LogP contribution is 2.17. The SMILES string of the molecule is CCCCCC/C=C\C/C=C\CCCCCCCC(=O)OCCCCCCCCCCCCCC/C=C\CCCCCCCCCCCCCCCCCCC(=O)NC(CO)C(O)/C=C/CCCCCCCCCCC. The van der Waals surface area contributed by atoms with Gasteiger partial charge in [-0.1, -0.05) is 306 Å². The van der Waals surface area contributed by atoms with Gasteiger partial charge in [0.1, 0.15) is 0 Å². The molecular formula is C70H131NO5. The quantitative estimate of drug-likeness (QED) is 0.0320. The van der Waals surface area contributed by atoms with Gasteiger partial charge in [0.2, 0.25) is 5.91 Å².